The van der Waals surface area contributed by atoms with Crippen LogP contribution in [0.4, 0.5) is 0 Å². The monoisotopic (exact) mass is 303 g/mol. The number of hydrogen-bond acceptors (Lipinski definition) is 5. The third kappa shape index (κ3) is 4.62. The van der Waals surface area contributed by atoms with Crippen LogP contribution in [0.3, 0.4) is 0 Å². The van der Waals surface area contributed by atoms with E-state index in [1.54, 1.807) is 31.4 Å². The molecule has 0 atom stereocenters. The van der Waals surface area contributed by atoms with E-state index in [1.807, 2.05) is 0 Å². The first kappa shape index (κ1) is 15.6. The van der Waals surface area contributed by atoms with Crippen LogP contribution in [0, 0.1) is 0 Å². The van der Waals surface area contributed by atoms with Gasteiger partial charge in [-0.05, 0) is 24.3 Å². The van der Waals surface area contributed by atoms with Crippen LogP contribution in [0.2, 0.25) is 0 Å². The van der Waals surface area contributed by atoms with E-state index in [-0.39, 0.29) is 18.0 Å². The van der Waals surface area contributed by atoms with Crippen molar-refractivity contribution in [1.82, 2.24) is 14.9 Å². The van der Waals surface area contributed by atoms with Crippen LogP contribution >= 0.6 is 0 Å². The molecule has 2 rings (SSSR count). The van der Waals surface area contributed by atoms with Gasteiger partial charge in [-0.2, -0.15) is 0 Å². The second-order valence-electron chi connectivity index (χ2n) is 4.42. The molecule has 0 fully saturated rings. The first-order valence-corrected chi connectivity index (χ1v) is 6.73. The van der Waals surface area contributed by atoms with Crippen LogP contribution in [-0.2, 0) is 11.3 Å². The number of nitrogens with zero attached hydrogens (tertiary/aromatic N) is 2. The zero-order valence-electron chi connectivity index (χ0n) is 12.2. The van der Waals surface area contributed by atoms with Gasteiger partial charge in [0, 0.05) is 12.3 Å². The summed E-state index contributed by atoms with van der Waals surface area (Å²) in [5.74, 6) is 1.18. The molecule has 1 aromatic heterocycles. The topological polar surface area (TPSA) is 82.4 Å². The predicted molar refractivity (Wildman–Crippen MR) is 80.0 cm³/mol. The van der Waals surface area contributed by atoms with Crippen molar-refractivity contribution in [3.8, 4) is 11.5 Å². The third-order valence-electron chi connectivity index (χ3n) is 2.86. The molecule has 0 radical (unpaired) electrons. The Morgan fingerprint density at radius 3 is 2.64 bits per heavy atom. The van der Waals surface area contributed by atoms with Crippen molar-refractivity contribution in [1.29, 1.82) is 0 Å². The van der Waals surface area contributed by atoms with Crippen molar-refractivity contribution in [3.63, 3.8) is 0 Å². The average molecular weight is 303 g/mol. The van der Waals surface area contributed by atoms with Crippen molar-refractivity contribution in [2.75, 3.05) is 20.3 Å². The molecule has 0 saturated carbocycles. The Morgan fingerprint density at radius 1 is 1.23 bits per heavy atom. The minimum absolute atomic E-state index is 0.0603. The number of aromatic nitrogens is 2. The van der Waals surface area contributed by atoms with Gasteiger partial charge in [0.1, 0.15) is 24.7 Å². The van der Waals surface area contributed by atoms with Gasteiger partial charge >= 0.3 is 0 Å². The van der Waals surface area contributed by atoms with Crippen LogP contribution in [0.5, 0.6) is 11.5 Å². The molecule has 116 valence electrons. The van der Waals surface area contributed by atoms with E-state index >= 15 is 0 Å². The number of methoxy groups -OCH3 is 1. The lowest BCUT2D eigenvalue weighted by Crippen LogP contribution is -2.34. The predicted octanol–water partition coefficient (Wildman–Crippen LogP) is 0.447. The summed E-state index contributed by atoms with van der Waals surface area (Å²) in [6, 6.07) is 8.47. The Hall–Kier alpha value is -2.83. The van der Waals surface area contributed by atoms with Gasteiger partial charge in [0.25, 0.3) is 5.56 Å². The summed E-state index contributed by atoms with van der Waals surface area (Å²) >= 11 is 0. The maximum absolute atomic E-state index is 11.7. The Labute approximate surface area is 127 Å². The summed E-state index contributed by atoms with van der Waals surface area (Å²) in [7, 11) is 1.60. The molecule has 1 amide bonds. The molecule has 0 unspecified atom stereocenters. The quantitative estimate of drug-likeness (QED) is 0.751. The zero-order chi connectivity index (χ0) is 15.8. The van der Waals surface area contributed by atoms with Gasteiger partial charge < -0.3 is 14.8 Å². The highest BCUT2D eigenvalue weighted by molar-refractivity contribution is 5.75. The number of carbonyl (C=O) groups excluding carboxylic acids is 1. The Kier molecular flexibility index (Phi) is 5.53. The molecule has 7 heteroatoms. The van der Waals surface area contributed by atoms with Gasteiger partial charge in [-0.15, -0.1) is 0 Å². The number of carbonyl (C=O) groups is 1. The summed E-state index contributed by atoms with van der Waals surface area (Å²) in [6.07, 6.45) is 2.72. The van der Waals surface area contributed by atoms with Crippen LogP contribution in [-0.4, -0.2) is 35.7 Å². The molecule has 2 aromatic rings. The van der Waals surface area contributed by atoms with Gasteiger partial charge in [0.2, 0.25) is 5.91 Å². The van der Waals surface area contributed by atoms with E-state index in [9.17, 15) is 9.59 Å². The molecule has 22 heavy (non-hydrogen) atoms. The fourth-order valence-electron chi connectivity index (χ4n) is 1.74. The van der Waals surface area contributed by atoms with Crippen molar-refractivity contribution >= 4 is 5.91 Å². The van der Waals surface area contributed by atoms with Crippen molar-refractivity contribution in [3.05, 3.63) is 53.2 Å². The Balaban J connectivity index is 1.71. The van der Waals surface area contributed by atoms with E-state index in [2.05, 4.69) is 10.3 Å². The fourth-order valence-corrected chi connectivity index (χ4v) is 1.74. The smallest absolute Gasteiger partial charge is 0.253 e. The van der Waals surface area contributed by atoms with E-state index < -0.39 is 0 Å². The maximum atomic E-state index is 11.7. The Bertz CT molecular complexity index is 667. The van der Waals surface area contributed by atoms with Crippen LogP contribution < -0.4 is 20.3 Å². The highest BCUT2D eigenvalue weighted by atomic mass is 16.5. The molecule has 1 aromatic carbocycles. The molecular weight excluding hydrogens is 286 g/mol. The molecule has 7 nitrogen and oxygen atoms in total. The molecule has 0 aliphatic carbocycles. The molecule has 0 aliphatic rings. The zero-order valence-corrected chi connectivity index (χ0v) is 12.2. The summed E-state index contributed by atoms with van der Waals surface area (Å²) in [6.45, 7) is 0.620. The number of nitrogens with one attached hydrogen (secondary N) is 1. The molecular formula is C15H17N3O4. The standard InChI is InChI=1S/C15H17N3O4/c1-21-12-2-4-13(5-3-12)22-9-8-17-14(19)10-18-11-16-7-6-15(18)20/h2-7,11H,8-10H2,1H3,(H,17,19). The Morgan fingerprint density at radius 2 is 1.95 bits per heavy atom. The third-order valence-corrected chi connectivity index (χ3v) is 2.86. The molecule has 0 bridgehead atoms. The molecule has 0 spiro atoms. The van der Waals surface area contributed by atoms with Gasteiger partial charge in [-0.1, -0.05) is 0 Å². The van der Waals surface area contributed by atoms with Gasteiger partial charge in [0.05, 0.1) is 20.0 Å². The lowest BCUT2D eigenvalue weighted by Gasteiger charge is -2.09. The highest BCUT2D eigenvalue weighted by Gasteiger charge is 2.03. The maximum Gasteiger partial charge on any atom is 0.253 e. The number of benzene rings is 1. The molecule has 1 heterocycles. The minimum atomic E-state index is -0.270. The number of ether oxygens (including phenoxy) is 2. The first-order chi connectivity index (χ1) is 10.7. The van der Waals surface area contributed by atoms with E-state index in [0.29, 0.717) is 18.9 Å². The highest BCUT2D eigenvalue weighted by Crippen LogP contribution is 2.16. The average Bonchev–Trinajstić information content (AvgIpc) is 2.54. The van der Waals surface area contributed by atoms with Crippen molar-refractivity contribution in [2.24, 2.45) is 0 Å². The van der Waals surface area contributed by atoms with Crippen LogP contribution in [0.25, 0.3) is 0 Å². The summed E-state index contributed by atoms with van der Waals surface area (Å²) < 4.78 is 11.8. The van der Waals surface area contributed by atoms with Crippen LogP contribution in [0.1, 0.15) is 0 Å². The van der Waals surface area contributed by atoms with Crippen LogP contribution in [0.15, 0.2) is 47.7 Å². The molecule has 0 aliphatic heterocycles. The molecule has 0 saturated heterocycles. The largest absolute Gasteiger partial charge is 0.497 e. The second-order valence-corrected chi connectivity index (χ2v) is 4.42. The SMILES string of the molecule is COc1ccc(OCCNC(=O)Cn2cnccc2=O)cc1. The number of rotatable bonds is 7. The van der Waals surface area contributed by atoms with Gasteiger partial charge in [0.15, 0.2) is 0 Å². The normalized spacial score (nSPS) is 10.0. The summed E-state index contributed by atoms with van der Waals surface area (Å²) in [5.41, 5.74) is -0.264. The van der Waals surface area contributed by atoms with Gasteiger partial charge in [-0.3, -0.25) is 14.2 Å². The van der Waals surface area contributed by atoms with E-state index in [0.717, 1.165) is 5.75 Å². The summed E-state index contributed by atoms with van der Waals surface area (Å²) in [5, 5.41) is 2.68. The lowest BCUT2D eigenvalue weighted by molar-refractivity contribution is -0.121. The number of hydrogen-bond donors (Lipinski definition) is 1. The summed E-state index contributed by atoms with van der Waals surface area (Å²) in [4.78, 5) is 26.9. The first-order valence-electron chi connectivity index (χ1n) is 6.73. The van der Waals surface area contributed by atoms with E-state index in [4.69, 9.17) is 9.47 Å². The second kappa shape index (κ2) is 7.82. The van der Waals surface area contributed by atoms with Crippen molar-refractivity contribution in [2.45, 2.75) is 6.54 Å². The van der Waals surface area contributed by atoms with Gasteiger partial charge in [-0.25, -0.2) is 4.98 Å². The van der Waals surface area contributed by atoms with E-state index in [1.165, 1.54) is 23.2 Å². The number of amides is 1. The lowest BCUT2D eigenvalue weighted by atomic mass is 10.3. The minimum Gasteiger partial charge on any atom is -0.497 e. The fraction of sp³-hybridized carbons (Fsp3) is 0.267. The molecule has 1 N–H and O–H groups in total. The van der Waals surface area contributed by atoms with Crippen molar-refractivity contribution < 1.29 is 14.3 Å².